The van der Waals surface area contributed by atoms with Gasteiger partial charge in [-0.15, -0.1) is 0 Å². The number of benzene rings is 2. The maximum Gasteiger partial charge on any atom is 0.263 e. The molecule has 2 aromatic carbocycles. The predicted molar refractivity (Wildman–Crippen MR) is 127 cm³/mol. The molecule has 160 valence electrons. The predicted octanol–water partition coefficient (Wildman–Crippen LogP) is 4.76. The first-order chi connectivity index (χ1) is 15.4. The highest BCUT2D eigenvalue weighted by atomic mass is 16.1. The van der Waals surface area contributed by atoms with E-state index in [-0.39, 0.29) is 11.6 Å². The summed E-state index contributed by atoms with van der Waals surface area (Å²) in [4.78, 5) is 29.7. The molecule has 5 rings (SSSR count). The van der Waals surface area contributed by atoms with Gasteiger partial charge >= 0.3 is 0 Å². The first kappa shape index (κ1) is 19.9. The van der Waals surface area contributed by atoms with Crippen molar-refractivity contribution in [2.45, 2.75) is 33.7 Å². The van der Waals surface area contributed by atoms with Gasteiger partial charge in [0.2, 0.25) is 0 Å². The van der Waals surface area contributed by atoms with Gasteiger partial charge in [-0.25, -0.2) is 15.0 Å². The van der Waals surface area contributed by atoms with Gasteiger partial charge in [-0.05, 0) is 68.0 Å². The molecular weight excluding hydrogens is 400 g/mol. The second kappa shape index (κ2) is 7.60. The van der Waals surface area contributed by atoms with Crippen molar-refractivity contribution in [2.75, 3.05) is 5.32 Å². The van der Waals surface area contributed by atoms with E-state index in [1.807, 2.05) is 62.6 Å². The average molecular weight is 425 g/mol. The van der Waals surface area contributed by atoms with Crippen molar-refractivity contribution in [3.8, 4) is 5.69 Å². The Labute approximate surface area is 185 Å². The van der Waals surface area contributed by atoms with Crippen molar-refractivity contribution in [1.82, 2.24) is 24.5 Å². The standard InChI is InChI=1S/C25H24N6O/c1-14-8-15(2)10-19(9-14)31-20(11-18-7-5-6-16(3)21(18)25(31)32)17(4)30-24-22-23(27-12-26-22)28-13-29-24/h5-13,17H,1-4H3,(H2,26,27,28,29,30). The topological polar surface area (TPSA) is 88.5 Å². The van der Waals surface area contributed by atoms with Gasteiger partial charge in [0, 0.05) is 11.4 Å². The molecule has 7 heteroatoms. The van der Waals surface area contributed by atoms with Crippen LogP contribution in [-0.4, -0.2) is 24.5 Å². The van der Waals surface area contributed by atoms with Crippen LogP contribution in [0, 0.1) is 20.8 Å². The minimum Gasteiger partial charge on any atom is -0.360 e. The average Bonchev–Trinajstić information content (AvgIpc) is 3.22. The number of hydrogen-bond donors (Lipinski definition) is 2. The van der Waals surface area contributed by atoms with Gasteiger partial charge in [0.1, 0.15) is 11.8 Å². The molecule has 0 saturated carbocycles. The molecule has 0 aliphatic rings. The molecule has 32 heavy (non-hydrogen) atoms. The molecule has 0 aliphatic carbocycles. The van der Waals surface area contributed by atoms with Crippen molar-refractivity contribution in [3.05, 3.63) is 87.9 Å². The van der Waals surface area contributed by atoms with E-state index >= 15 is 0 Å². The number of nitrogens with one attached hydrogen (secondary N) is 2. The number of aryl methyl sites for hydroxylation is 3. The summed E-state index contributed by atoms with van der Waals surface area (Å²) in [5.74, 6) is 0.642. The SMILES string of the molecule is Cc1cc(C)cc(-n2c(C(C)Nc3ncnc4nc[nH]c34)cc3cccc(C)c3c2=O)c1. The van der Waals surface area contributed by atoms with Crippen LogP contribution in [0.1, 0.15) is 35.3 Å². The summed E-state index contributed by atoms with van der Waals surface area (Å²) in [6.45, 7) is 8.10. The summed E-state index contributed by atoms with van der Waals surface area (Å²) in [5, 5.41) is 5.11. The van der Waals surface area contributed by atoms with E-state index in [2.05, 4.69) is 37.4 Å². The van der Waals surface area contributed by atoms with Gasteiger partial charge in [-0.1, -0.05) is 24.3 Å². The van der Waals surface area contributed by atoms with Gasteiger partial charge < -0.3 is 10.3 Å². The third-order valence-corrected chi connectivity index (χ3v) is 5.77. The first-order valence-electron chi connectivity index (χ1n) is 10.6. The van der Waals surface area contributed by atoms with Crippen molar-refractivity contribution in [1.29, 1.82) is 0 Å². The fourth-order valence-electron chi connectivity index (χ4n) is 4.37. The van der Waals surface area contributed by atoms with Crippen LogP contribution >= 0.6 is 0 Å². The molecule has 7 nitrogen and oxygen atoms in total. The van der Waals surface area contributed by atoms with E-state index in [0.717, 1.165) is 44.4 Å². The largest absolute Gasteiger partial charge is 0.360 e. The molecule has 0 aliphatic heterocycles. The van der Waals surface area contributed by atoms with Crippen LogP contribution in [0.15, 0.2) is 59.9 Å². The van der Waals surface area contributed by atoms with Gasteiger partial charge in [0.15, 0.2) is 11.5 Å². The zero-order chi connectivity index (χ0) is 22.4. The second-order valence-corrected chi connectivity index (χ2v) is 8.28. The molecule has 0 saturated heterocycles. The van der Waals surface area contributed by atoms with Crippen molar-refractivity contribution >= 4 is 27.8 Å². The Morgan fingerprint density at radius 3 is 2.56 bits per heavy atom. The molecule has 0 spiro atoms. The molecule has 0 bridgehead atoms. The Balaban J connectivity index is 1.74. The van der Waals surface area contributed by atoms with Crippen molar-refractivity contribution in [3.63, 3.8) is 0 Å². The number of anilines is 1. The quantitative estimate of drug-likeness (QED) is 0.434. The number of imidazole rings is 1. The van der Waals surface area contributed by atoms with E-state index in [0.29, 0.717) is 11.5 Å². The van der Waals surface area contributed by atoms with Gasteiger partial charge in [-0.2, -0.15) is 0 Å². The number of nitrogens with zero attached hydrogens (tertiary/aromatic N) is 4. The monoisotopic (exact) mass is 424 g/mol. The number of H-pyrrole nitrogens is 1. The fourth-order valence-corrected chi connectivity index (χ4v) is 4.37. The molecule has 0 fully saturated rings. The maximum atomic E-state index is 13.8. The number of aromatic nitrogens is 5. The lowest BCUT2D eigenvalue weighted by molar-refractivity contribution is 0.773. The van der Waals surface area contributed by atoms with Crippen LogP contribution in [0.2, 0.25) is 0 Å². The molecule has 3 heterocycles. The molecule has 3 aromatic heterocycles. The minimum atomic E-state index is -0.213. The second-order valence-electron chi connectivity index (χ2n) is 8.28. The highest BCUT2D eigenvalue weighted by Gasteiger charge is 2.19. The Bertz CT molecular complexity index is 1510. The Morgan fingerprint density at radius 1 is 1.00 bits per heavy atom. The summed E-state index contributed by atoms with van der Waals surface area (Å²) in [7, 11) is 0. The lowest BCUT2D eigenvalue weighted by Crippen LogP contribution is -2.26. The molecule has 1 atom stereocenters. The Hall–Kier alpha value is -4.00. The molecule has 5 aromatic rings. The minimum absolute atomic E-state index is 0.0244. The Kier molecular flexibility index (Phi) is 4.74. The molecule has 0 amide bonds. The third kappa shape index (κ3) is 3.32. The van der Waals surface area contributed by atoms with E-state index in [1.165, 1.54) is 6.33 Å². The number of rotatable bonds is 4. The van der Waals surface area contributed by atoms with Crippen molar-refractivity contribution < 1.29 is 0 Å². The molecule has 1 unspecified atom stereocenters. The van der Waals surface area contributed by atoms with Crippen LogP contribution in [0.4, 0.5) is 5.82 Å². The van der Waals surface area contributed by atoms with E-state index < -0.39 is 0 Å². The molecular formula is C25H24N6O. The summed E-state index contributed by atoms with van der Waals surface area (Å²) < 4.78 is 1.82. The van der Waals surface area contributed by atoms with E-state index in [4.69, 9.17) is 0 Å². The van der Waals surface area contributed by atoms with E-state index in [1.54, 1.807) is 6.33 Å². The zero-order valence-corrected chi connectivity index (χ0v) is 18.5. The number of pyridine rings is 1. The van der Waals surface area contributed by atoms with Gasteiger partial charge in [-0.3, -0.25) is 9.36 Å². The number of fused-ring (bicyclic) bond motifs is 2. The van der Waals surface area contributed by atoms with Crippen LogP contribution in [0.5, 0.6) is 0 Å². The Morgan fingerprint density at radius 2 is 1.78 bits per heavy atom. The van der Waals surface area contributed by atoms with Crippen LogP contribution in [0.25, 0.3) is 27.6 Å². The van der Waals surface area contributed by atoms with Crippen LogP contribution in [-0.2, 0) is 0 Å². The summed E-state index contributed by atoms with van der Waals surface area (Å²) in [5.41, 5.74) is 6.19. The highest BCUT2D eigenvalue weighted by Crippen LogP contribution is 2.27. The van der Waals surface area contributed by atoms with Gasteiger partial charge in [0.05, 0.1) is 17.8 Å². The highest BCUT2D eigenvalue weighted by molar-refractivity contribution is 5.86. The van der Waals surface area contributed by atoms with Crippen LogP contribution in [0.3, 0.4) is 0 Å². The van der Waals surface area contributed by atoms with Gasteiger partial charge in [0.25, 0.3) is 5.56 Å². The molecule has 0 radical (unpaired) electrons. The number of hydrogen-bond acceptors (Lipinski definition) is 5. The van der Waals surface area contributed by atoms with E-state index in [9.17, 15) is 4.79 Å². The lowest BCUT2D eigenvalue weighted by Gasteiger charge is -2.22. The third-order valence-electron chi connectivity index (χ3n) is 5.77. The lowest BCUT2D eigenvalue weighted by atomic mass is 10.0. The zero-order valence-electron chi connectivity index (χ0n) is 18.5. The fraction of sp³-hybridized carbons (Fsp3) is 0.200. The summed E-state index contributed by atoms with van der Waals surface area (Å²) >= 11 is 0. The normalized spacial score (nSPS) is 12.4. The number of aromatic amines is 1. The first-order valence-corrected chi connectivity index (χ1v) is 10.6. The summed E-state index contributed by atoms with van der Waals surface area (Å²) in [6.07, 6.45) is 3.08. The molecule has 2 N–H and O–H groups in total. The maximum absolute atomic E-state index is 13.8. The smallest absolute Gasteiger partial charge is 0.263 e. The van der Waals surface area contributed by atoms with Crippen molar-refractivity contribution in [2.24, 2.45) is 0 Å². The summed E-state index contributed by atoms with van der Waals surface area (Å²) in [6, 6.07) is 14.0. The van der Waals surface area contributed by atoms with Crippen LogP contribution < -0.4 is 10.9 Å².